The summed E-state index contributed by atoms with van der Waals surface area (Å²) >= 11 is 0. The van der Waals surface area contributed by atoms with Crippen LogP contribution in [0.1, 0.15) is 375 Å². The fourth-order valence-corrected chi connectivity index (χ4v) is 12.5. The minimum atomic E-state index is -4.95. The summed E-state index contributed by atoms with van der Waals surface area (Å²) in [6.07, 6.45) is 52.6. The summed E-state index contributed by atoms with van der Waals surface area (Å²) in [7, 11) is -9.90. The summed E-state index contributed by atoms with van der Waals surface area (Å²) in [5.74, 6) is -1.39. The van der Waals surface area contributed by atoms with Crippen LogP contribution in [0.15, 0.2) is 0 Å². The average Bonchev–Trinajstić information content (AvgIpc) is 3.31. The molecule has 0 aliphatic rings. The minimum Gasteiger partial charge on any atom is -0.462 e. The summed E-state index contributed by atoms with van der Waals surface area (Å²) in [5, 5.41) is 10.6. The maximum absolute atomic E-state index is 13.0. The van der Waals surface area contributed by atoms with E-state index in [1.54, 1.807) is 0 Å². The van der Waals surface area contributed by atoms with Crippen molar-refractivity contribution in [2.45, 2.75) is 393 Å². The Bertz CT molecular complexity index is 1760. The van der Waals surface area contributed by atoms with E-state index in [0.29, 0.717) is 25.7 Å². The number of phosphoric acid groups is 2. The molecule has 0 spiro atoms. The van der Waals surface area contributed by atoms with Crippen LogP contribution in [0.4, 0.5) is 0 Å². The van der Waals surface area contributed by atoms with Gasteiger partial charge in [0.2, 0.25) is 0 Å². The highest BCUT2D eigenvalue weighted by Gasteiger charge is 2.30. The van der Waals surface area contributed by atoms with Crippen molar-refractivity contribution in [3.63, 3.8) is 0 Å². The first-order chi connectivity index (χ1) is 44.1. The number of aliphatic hydroxyl groups excluding tert-OH is 1. The molecule has 19 heteroatoms. The fourth-order valence-electron chi connectivity index (χ4n) is 11.0. The minimum absolute atomic E-state index is 0.107. The van der Waals surface area contributed by atoms with Crippen LogP contribution in [0, 0.1) is 5.92 Å². The van der Waals surface area contributed by atoms with Gasteiger partial charge in [0, 0.05) is 25.7 Å². The molecule has 0 aliphatic heterocycles. The van der Waals surface area contributed by atoms with Crippen LogP contribution >= 0.6 is 15.6 Å². The lowest BCUT2D eigenvalue weighted by molar-refractivity contribution is -0.161. The molecule has 6 atom stereocenters. The molecule has 0 radical (unpaired) electrons. The molecule has 3 N–H and O–H groups in total. The van der Waals surface area contributed by atoms with E-state index in [4.69, 9.17) is 37.0 Å². The molecule has 0 saturated carbocycles. The van der Waals surface area contributed by atoms with Gasteiger partial charge in [-0.15, -0.1) is 0 Å². The zero-order valence-corrected chi connectivity index (χ0v) is 60.8. The average molecular weight is 1340 g/mol. The van der Waals surface area contributed by atoms with Crippen molar-refractivity contribution in [2.24, 2.45) is 5.92 Å². The molecule has 0 aromatic heterocycles. The zero-order valence-electron chi connectivity index (χ0n) is 59.0. The smallest absolute Gasteiger partial charge is 0.462 e. The molecule has 0 aromatic rings. The van der Waals surface area contributed by atoms with Crippen LogP contribution in [0.25, 0.3) is 0 Å². The van der Waals surface area contributed by atoms with E-state index in [1.807, 2.05) is 0 Å². The molecule has 0 aliphatic carbocycles. The molecule has 0 bridgehead atoms. The quantitative estimate of drug-likeness (QED) is 0.0222. The predicted octanol–water partition coefficient (Wildman–Crippen LogP) is 20.9. The van der Waals surface area contributed by atoms with Crippen molar-refractivity contribution in [1.82, 2.24) is 0 Å². The van der Waals surface area contributed by atoms with E-state index < -0.39 is 97.5 Å². The number of hydrogen-bond donors (Lipinski definition) is 3. The van der Waals surface area contributed by atoms with Gasteiger partial charge in [0.15, 0.2) is 12.2 Å². The summed E-state index contributed by atoms with van der Waals surface area (Å²) in [5.41, 5.74) is 0. The molecular formula is C72H140O17P2. The van der Waals surface area contributed by atoms with E-state index in [2.05, 4.69) is 34.6 Å². The molecule has 0 rings (SSSR count). The van der Waals surface area contributed by atoms with Gasteiger partial charge in [-0.05, 0) is 31.6 Å². The highest BCUT2D eigenvalue weighted by molar-refractivity contribution is 7.47. The van der Waals surface area contributed by atoms with Gasteiger partial charge in [-0.2, -0.15) is 0 Å². The SMILES string of the molecule is CCCCCCCCCCCCCCCCCC(=O)O[C@H](COC(=O)CCCCCCCCCCCCCCCC)COP(=O)(O)OC[C@@H](O)COP(=O)(O)OC[C@@H](COC(=O)CCCCCCCCC(C)CC)OC(=O)CCCCCCCCCCCCCC. The second-order valence-corrected chi connectivity index (χ2v) is 29.1. The Balaban J connectivity index is 5.25. The molecule has 0 heterocycles. The van der Waals surface area contributed by atoms with Crippen LogP contribution in [0.5, 0.6) is 0 Å². The monoisotopic (exact) mass is 1340 g/mol. The lowest BCUT2D eigenvalue weighted by atomic mass is 10.00. The van der Waals surface area contributed by atoms with Crippen molar-refractivity contribution in [3.8, 4) is 0 Å². The van der Waals surface area contributed by atoms with Crippen molar-refractivity contribution < 1.29 is 80.2 Å². The number of rotatable bonds is 72. The van der Waals surface area contributed by atoms with E-state index in [-0.39, 0.29) is 25.7 Å². The van der Waals surface area contributed by atoms with Gasteiger partial charge in [0.05, 0.1) is 26.4 Å². The number of phosphoric ester groups is 2. The first kappa shape index (κ1) is 89.1. The number of aliphatic hydroxyl groups is 1. The molecule has 17 nitrogen and oxygen atoms in total. The third kappa shape index (κ3) is 65.1. The van der Waals surface area contributed by atoms with Crippen molar-refractivity contribution in [1.29, 1.82) is 0 Å². The summed E-state index contributed by atoms with van der Waals surface area (Å²) in [6, 6.07) is 0. The third-order valence-electron chi connectivity index (χ3n) is 17.1. The number of ether oxygens (including phenoxy) is 4. The highest BCUT2D eigenvalue weighted by Crippen LogP contribution is 2.45. The summed E-state index contributed by atoms with van der Waals surface area (Å²) in [4.78, 5) is 72.6. The summed E-state index contributed by atoms with van der Waals surface area (Å²) in [6.45, 7) is 7.23. The number of hydrogen-bond acceptors (Lipinski definition) is 15. The van der Waals surface area contributed by atoms with Crippen LogP contribution in [-0.4, -0.2) is 96.7 Å². The number of esters is 4. The van der Waals surface area contributed by atoms with Gasteiger partial charge in [0.25, 0.3) is 0 Å². The van der Waals surface area contributed by atoms with Crippen molar-refractivity contribution in [2.75, 3.05) is 39.6 Å². The van der Waals surface area contributed by atoms with Gasteiger partial charge < -0.3 is 33.8 Å². The fraction of sp³-hybridized carbons (Fsp3) is 0.944. The van der Waals surface area contributed by atoms with E-state index >= 15 is 0 Å². The largest absolute Gasteiger partial charge is 0.472 e. The topological polar surface area (TPSA) is 237 Å². The molecule has 0 amide bonds. The van der Waals surface area contributed by atoms with Crippen LogP contribution in [0.3, 0.4) is 0 Å². The second kappa shape index (κ2) is 65.4. The molecule has 3 unspecified atom stereocenters. The van der Waals surface area contributed by atoms with E-state index in [0.717, 1.165) is 102 Å². The van der Waals surface area contributed by atoms with Gasteiger partial charge in [-0.1, -0.05) is 324 Å². The van der Waals surface area contributed by atoms with Crippen molar-refractivity contribution in [3.05, 3.63) is 0 Å². The highest BCUT2D eigenvalue weighted by atomic mass is 31.2. The Hall–Kier alpha value is -1.94. The van der Waals surface area contributed by atoms with Crippen molar-refractivity contribution >= 4 is 39.5 Å². The zero-order chi connectivity index (χ0) is 67.0. The number of carbonyl (C=O) groups is 4. The van der Waals surface area contributed by atoms with Gasteiger partial charge in [-0.3, -0.25) is 37.3 Å². The predicted molar refractivity (Wildman–Crippen MR) is 368 cm³/mol. The maximum atomic E-state index is 13.0. The van der Waals surface area contributed by atoms with E-state index in [1.165, 1.54) is 193 Å². The maximum Gasteiger partial charge on any atom is 0.472 e. The lowest BCUT2D eigenvalue weighted by Gasteiger charge is -2.21. The van der Waals surface area contributed by atoms with E-state index in [9.17, 15) is 43.2 Å². The van der Waals surface area contributed by atoms with Crippen LogP contribution in [-0.2, 0) is 65.4 Å². The van der Waals surface area contributed by atoms with Crippen LogP contribution in [0.2, 0.25) is 0 Å². The Morgan fingerprint density at radius 3 is 0.780 bits per heavy atom. The lowest BCUT2D eigenvalue weighted by Crippen LogP contribution is -2.30. The van der Waals surface area contributed by atoms with Crippen LogP contribution < -0.4 is 0 Å². The number of unbranched alkanes of at least 4 members (excludes halogenated alkanes) is 43. The Morgan fingerprint density at radius 2 is 0.527 bits per heavy atom. The third-order valence-corrected chi connectivity index (χ3v) is 19.0. The first-order valence-corrected chi connectivity index (χ1v) is 40.7. The molecule has 0 fully saturated rings. The standard InChI is InChI=1S/C72H140O17P2/c1-6-10-13-16-19-22-25-28-30-32-35-38-41-48-53-58-72(77)88-67(61-82-69(74)55-50-45-39-36-34-31-29-26-23-20-17-14-11-7-2)63-86-90(78,79)84-59-66(73)60-85-91(80,81)87-64-68(62-83-70(75)56-51-46-43-42-44-49-54-65(5)9-4)89-71(76)57-52-47-40-37-33-27-24-21-18-15-12-8-3/h65-68,73H,6-64H2,1-5H3,(H,78,79)(H,80,81)/t65?,66-,67-,68-/m1/s1. The van der Waals surface area contributed by atoms with Gasteiger partial charge >= 0.3 is 39.5 Å². The molecule has 540 valence electrons. The normalized spacial score (nSPS) is 14.3. The van der Waals surface area contributed by atoms with Gasteiger partial charge in [-0.25, -0.2) is 9.13 Å². The second-order valence-electron chi connectivity index (χ2n) is 26.2. The molecule has 91 heavy (non-hydrogen) atoms. The summed E-state index contributed by atoms with van der Waals surface area (Å²) < 4.78 is 68.4. The Morgan fingerprint density at radius 1 is 0.308 bits per heavy atom. The molecule has 0 saturated heterocycles. The first-order valence-electron chi connectivity index (χ1n) is 37.7. The molecular weight excluding hydrogens is 1200 g/mol. The Labute approximate surface area is 556 Å². The molecule has 0 aromatic carbocycles. The number of carbonyl (C=O) groups excluding carboxylic acids is 4. The van der Waals surface area contributed by atoms with Gasteiger partial charge in [0.1, 0.15) is 19.3 Å². The Kier molecular flexibility index (Phi) is 64.0.